The van der Waals surface area contributed by atoms with Gasteiger partial charge in [0.15, 0.2) is 17.6 Å². The van der Waals surface area contributed by atoms with E-state index in [1.54, 1.807) is 11.0 Å². The molecular formula is C20H26N2O8S. The molecule has 1 amide bonds. The standard InChI is InChI=1S/C20H26N2O8S/c1-14(19(23)21-7-9-27-10-8-21)30-20(24)16-3-2-6-22(16)31(25,26)15-4-5-17-18(13-15)29-12-11-28-17/h4-5,13-14,16H,2-3,6-12H2,1H3/t14-,16+/m1/s1. The summed E-state index contributed by atoms with van der Waals surface area (Å²) >= 11 is 0. The van der Waals surface area contributed by atoms with Crippen molar-refractivity contribution in [3.63, 3.8) is 0 Å². The predicted octanol–water partition coefficient (Wildman–Crippen LogP) is 0.401. The average Bonchev–Trinajstić information content (AvgIpc) is 3.30. The van der Waals surface area contributed by atoms with Crippen molar-refractivity contribution in [2.24, 2.45) is 0 Å². The van der Waals surface area contributed by atoms with Gasteiger partial charge in [-0.25, -0.2) is 8.42 Å². The lowest BCUT2D eigenvalue weighted by Crippen LogP contribution is -2.48. The van der Waals surface area contributed by atoms with Gasteiger partial charge in [0.2, 0.25) is 10.0 Å². The zero-order valence-corrected chi connectivity index (χ0v) is 18.1. The topological polar surface area (TPSA) is 112 Å². The molecule has 4 rings (SSSR count). The Hall–Kier alpha value is -2.37. The monoisotopic (exact) mass is 454 g/mol. The van der Waals surface area contributed by atoms with E-state index < -0.39 is 28.1 Å². The van der Waals surface area contributed by atoms with Crippen molar-refractivity contribution >= 4 is 21.9 Å². The number of carbonyl (C=O) groups is 2. The number of benzene rings is 1. The highest BCUT2D eigenvalue weighted by Crippen LogP contribution is 2.35. The molecule has 3 heterocycles. The average molecular weight is 455 g/mol. The van der Waals surface area contributed by atoms with Crippen molar-refractivity contribution in [1.29, 1.82) is 0 Å². The van der Waals surface area contributed by atoms with E-state index in [1.165, 1.54) is 19.1 Å². The number of morpholine rings is 1. The fourth-order valence-corrected chi connectivity index (χ4v) is 5.59. The highest BCUT2D eigenvalue weighted by Gasteiger charge is 2.42. The number of fused-ring (bicyclic) bond motifs is 1. The molecule has 0 bridgehead atoms. The molecule has 3 aliphatic heterocycles. The number of carbonyl (C=O) groups excluding carboxylic acids is 2. The van der Waals surface area contributed by atoms with Gasteiger partial charge in [-0.2, -0.15) is 4.31 Å². The van der Waals surface area contributed by atoms with E-state index in [4.69, 9.17) is 18.9 Å². The number of hydrogen-bond donors (Lipinski definition) is 0. The van der Waals surface area contributed by atoms with Crippen molar-refractivity contribution < 1.29 is 37.0 Å². The van der Waals surface area contributed by atoms with Gasteiger partial charge < -0.3 is 23.8 Å². The van der Waals surface area contributed by atoms with Crippen LogP contribution in [-0.4, -0.2) is 87.7 Å². The van der Waals surface area contributed by atoms with Crippen LogP contribution in [0.15, 0.2) is 23.1 Å². The molecule has 1 aromatic carbocycles. The largest absolute Gasteiger partial charge is 0.486 e. The summed E-state index contributed by atoms with van der Waals surface area (Å²) in [6.07, 6.45) is -0.138. The highest BCUT2D eigenvalue weighted by atomic mass is 32.2. The van der Waals surface area contributed by atoms with E-state index in [2.05, 4.69) is 0 Å². The van der Waals surface area contributed by atoms with E-state index in [-0.39, 0.29) is 17.3 Å². The SMILES string of the molecule is C[C@@H](OC(=O)[C@@H]1CCCN1S(=O)(=O)c1ccc2c(c1)OCCO2)C(=O)N1CCOCC1. The zero-order valence-electron chi connectivity index (χ0n) is 17.3. The summed E-state index contributed by atoms with van der Waals surface area (Å²) in [6.45, 7) is 4.20. The maximum Gasteiger partial charge on any atom is 0.325 e. The lowest BCUT2D eigenvalue weighted by atomic mass is 10.2. The number of nitrogens with zero attached hydrogens (tertiary/aromatic N) is 2. The van der Waals surface area contributed by atoms with Gasteiger partial charge >= 0.3 is 5.97 Å². The van der Waals surface area contributed by atoms with Crippen molar-refractivity contribution in [1.82, 2.24) is 9.21 Å². The Morgan fingerprint density at radius 1 is 1.06 bits per heavy atom. The fourth-order valence-electron chi connectivity index (χ4n) is 3.93. The molecule has 10 nitrogen and oxygen atoms in total. The second-order valence-electron chi connectivity index (χ2n) is 7.60. The second kappa shape index (κ2) is 9.01. The second-order valence-corrected chi connectivity index (χ2v) is 9.49. The molecule has 0 spiro atoms. The molecule has 170 valence electrons. The molecule has 0 saturated carbocycles. The first-order chi connectivity index (χ1) is 14.9. The van der Waals surface area contributed by atoms with Gasteiger partial charge in [0.05, 0.1) is 18.1 Å². The van der Waals surface area contributed by atoms with Crippen LogP contribution in [0.3, 0.4) is 0 Å². The van der Waals surface area contributed by atoms with Gasteiger partial charge in [-0.1, -0.05) is 0 Å². The van der Waals surface area contributed by atoms with Gasteiger partial charge in [-0.15, -0.1) is 0 Å². The maximum atomic E-state index is 13.2. The molecule has 31 heavy (non-hydrogen) atoms. The van der Waals surface area contributed by atoms with E-state index in [0.717, 1.165) is 4.31 Å². The molecule has 0 radical (unpaired) electrons. The number of amides is 1. The molecule has 0 N–H and O–H groups in total. The minimum absolute atomic E-state index is 0.0221. The Morgan fingerprint density at radius 2 is 1.77 bits per heavy atom. The molecule has 2 fully saturated rings. The highest BCUT2D eigenvalue weighted by molar-refractivity contribution is 7.89. The molecule has 2 saturated heterocycles. The first-order valence-corrected chi connectivity index (χ1v) is 11.8. The van der Waals surface area contributed by atoms with Crippen LogP contribution in [-0.2, 0) is 29.1 Å². The first-order valence-electron chi connectivity index (χ1n) is 10.4. The summed E-state index contributed by atoms with van der Waals surface area (Å²) in [5.41, 5.74) is 0. The van der Waals surface area contributed by atoms with Gasteiger partial charge in [-0.05, 0) is 31.9 Å². The van der Waals surface area contributed by atoms with Crippen molar-refractivity contribution in [3.8, 4) is 11.5 Å². The summed E-state index contributed by atoms with van der Waals surface area (Å²) < 4.78 is 49.1. The fraction of sp³-hybridized carbons (Fsp3) is 0.600. The Balaban J connectivity index is 1.46. The van der Waals surface area contributed by atoms with Crippen LogP contribution >= 0.6 is 0 Å². The first kappa shape index (κ1) is 21.8. The minimum Gasteiger partial charge on any atom is -0.486 e. The smallest absolute Gasteiger partial charge is 0.325 e. The van der Waals surface area contributed by atoms with E-state index in [1.807, 2.05) is 0 Å². The van der Waals surface area contributed by atoms with Crippen LogP contribution in [0, 0.1) is 0 Å². The van der Waals surface area contributed by atoms with Crippen LogP contribution in [0.2, 0.25) is 0 Å². The van der Waals surface area contributed by atoms with Crippen molar-refractivity contribution in [2.45, 2.75) is 36.8 Å². The molecular weight excluding hydrogens is 428 g/mol. The van der Waals surface area contributed by atoms with Gasteiger partial charge in [-0.3, -0.25) is 9.59 Å². The van der Waals surface area contributed by atoms with Crippen LogP contribution in [0.1, 0.15) is 19.8 Å². The molecule has 3 aliphatic rings. The van der Waals surface area contributed by atoms with Crippen LogP contribution in [0.4, 0.5) is 0 Å². The van der Waals surface area contributed by atoms with E-state index in [9.17, 15) is 18.0 Å². The molecule has 0 aliphatic carbocycles. The maximum absolute atomic E-state index is 13.2. The number of rotatable bonds is 5. The Kier molecular flexibility index (Phi) is 6.35. The summed E-state index contributed by atoms with van der Waals surface area (Å²) in [5, 5.41) is 0. The molecule has 2 atom stereocenters. The van der Waals surface area contributed by atoms with Crippen LogP contribution in [0.25, 0.3) is 0 Å². The van der Waals surface area contributed by atoms with Gasteiger partial charge in [0.1, 0.15) is 19.3 Å². The minimum atomic E-state index is -3.96. The van der Waals surface area contributed by atoms with Gasteiger partial charge in [0, 0.05) is 25.7 Å². The normalized spacial score (nSPS) is 22.7. The summed E-state index contributed by atoms with van der Waals surface area (Å²) in [4.78, 5) is 26.9. The zero-order chi connectivity index (χ0) is 22.0. The third-order valence-electron chi connectivity index (χ3n) is 5.56. The van der Waals surface area contributed by atoms with E-state index in [0.29, 0.717) is 63.9 Å². The molecule has 11 heteroatoms. The molecule has 1 aromatic rings. The Morgan fingerprint density at radius 3 is 2.52 bits per heavy atom. The number of esters is 1. The molecule has 0 aromatic heterocycles. The van der Waals surface area contributed by atoms with Gasteiger partial charge in [0.25, 0.3) is 5.91 Å². The Labute approximate surface area is 181 Å². The number of hydrogen-bond acceptors (Lipinski definition) is 8. The third kappa shape index (κ3) is 4.48. The lowest BCUT2D eigenvalue weighted by Gasteiger charge is -2.30. The van der Waals surface area contributed by atoms with E-state index >= 15 is 0 Å². The summed E-state index contributed by atoms with van der Waals surface area (Å²) in [7, 11) is -3.96. The molecule has 0 unspecified atom stereocenters. The third-order valence-corrected chi connectivity index (χ3v) is 7.46. The van der Waals surface area contributed by atoms with Crippen LogP contribution < -0.4 is 9.47 Å². The van der Waals surface area contributed by atoms with Crippen molar-refractivity contribution in [2.75, 3.05) is 46.1 Å². The quantitative estimate of drug-likeness (QED) is 0.588. The predicted molar refractivity (Wildman–Crippen MR) is 107 cm³/mol. The summed E-state index contributed by atoms with van der Waals surface area (Å²) in [6, 6.07) is 3.43. The number of sulfonamides is 1. The Bertz CT molecular complexity index is 944. The summed E-state index contributed by atoms with van der Waals surface area (Å²) in [5.74, 6) is -0.183. The van der Waals surface area contributed by atoms with Crippen molar-refractivity contribution in [3.05, 3.63) is 18.2 Å². The van der Waals surface area contributed by atoms with Crippen LogP contribution in [0.5, 0.6) is 11.5 Å². The number of ether oxygens (including phenoxy) is 4. The lowest BCUT2D eigenvalue weighted by molar-refractivity contribution is -0.163.